The van der Waals surface area contributed by atoms with Crippen molar-refractivity contribution in [1.29, 1.82) is 0 Å². The summed E-state index contributed by atoms with van der Waals surface area (Å²) in [5.41, 5.74) is 4.63. The Hall–Kier alpha value is -3.86. The van der Waals surface area contributed by atoms with Crippen LogP contribution in [0.3, 0.4) is 0 Å². The number of rotatable bonds is 5. The van der Waals surface area contributed by atoms with Crippen molar-refractivity contribution >= 4 is 11.4 Å². The van der Waals surface area contributed by atoms with E-state index >= 15 is 0 Å². The molecule has 0 atom stereocenters. The summed E-state index contributed by atoms with van der Waals surface area (Å²) < 4.78 is 40.8. The fourth-order valence-electron chi connectivity index (χ4n) is 3.32. The number of Topliss-reactive ketones (excluding diaryl/α,β-unsaturated/α-hetero) is 1. The lowest BCUT2D eigenvalue weighted by atomic mass is 10.0. The third-order valence-electron chi connectivity index (χ3n) is 4.98. The highest BCUT2D eigenvalue weighted by Crippen LogP contribution is 2.24. The number of ketones is 1. The van der Waals surface area contributed by atoms with Crippen LogP contribution < -0.4 is 0 Å². The van der Waals surface area contributed by atoms with Crippen molar-refractivity contribution in [1.82, 2.24) is 18.9 Å². The molecule has 0 aliphatic carbocycles. The molecular weight excluding hydrogens is 417 g/mol. The SMILES string of the molecule is Cn1cncc1C#Cc1ccn2c(-c3cccc(CC(=O)CCC(F)(F)F)c3)cnc2c1. The molecule has 4 rings (SSSR count). The monoisotopic (exact) mass is 436 g/mol. The number of hydrogen-bond donors (Lipinski definition) is 0. The van der Waals surface area contributed by atoms with E-state index in [0.29, 0.717) is 11.2 Å². The Kier molecular flexibility index (Phi) is 5.82. The summed E-state index contributed by atoms with van der Waals surface area (Å²) in [4.78, 5) is 20.4. The Bertz CT molecular complexity index is 1340. The first-order chi connectivity index (χ1) is 15.3. The van der Waals surface area contributed by atoms with Gasteiger partial charge in [0.25, 0.3) is 0 Å². The van der Waals surface area contributed by atoms with Crippen molar-refractivity contribution in [2.24, 2.45) is 7.05 Å². The van der Waals surface area contributed by atoms with Gasteiger partial charge in [-0.2, -0.15) is 13.2 Å². The molecule has 0 unspecified atom stereocenters. The molecule has 3 aromatic heterocycles. The van der Waals surface area contributed by atoms with Gasteiger partial charge < -0.3 is 4.57 Å². The van der Waals surface area contributed by atoms with Gasteiger partial charge in [-0.15, -0.1) is 0 Å². The first-order valence-electron chi connectivity index (χ1n) is 9.92. The van der Waals surface area contributed by atoms with E-state index in [4.69, 9.17) is 0 Å². The fraction of sp³-hybridized carbons (Fsp3) is 0.208. The number of benzene rings is 1. The topological polar surface area (TPSA) is 52.2 Å². The molecule has 0 amide bonds. The highest BCUT2D eigenvalue weighted by atomic mass is 19.4. The summed E-state index contributed by atoms with van der Waals surface area (Å²) in [7, 11) is 1.87. The molecule has 0 radical (unpaired) electrons. The lowest BCUT2D eigenvalue weighted by molar-refractivity contribution is -0.143. The van der Waals surface area contributed by atoms with Gasteiger partial charge in [-0.1, -0.05) is 24.1 Å². The minimum absolute atomic E-state index is 0.0333. The van der Waals surface area contributed by atoms with E-state index in [1.165, 1.54) is 0 Å². The standard InChI is InChI=1S/C24H19F3N4O/c1-30-16-28-14-20(30)6-5-17-8-10-31-22(15-29-23(31)13-17)19-4-2-3-18(11-19)12-21(32)7-9-24(25,26)27/h2-4,8,10-11,13-16H,7,9,12H2,1H3. The Morgan fingerprint density at radius 1 is 1.12 bits per heavy atom. The van der Waals surface area contributed by atoms with Crippen LogP contribution in [0.15, 0.2) is 61.3 Å². The van der Waals surface area contributed by atoms with Gasteiger partial charge in [-0.05, 0) is 29.7 Å². The first-order valence-corrected chi connectivity index (χ1v) is 9.92. The zero-order chi connectivity index (χ0) is 22.7. The smallest absolute Gasteiger partial charge is 0.327 e. The predicted molar refractivity (Wildman–Crippen MR) is 114 cm³/mol. The van der Waals surface area contributed by atoms with E-state index in [2.05, 4.69) is 21.8 Å². The molecule has 162 valence electrons. The number of halogens is 3. The number of alkyl halides is 3. The maximum Gasteiger partial charge on any atom is 0.389 e. The van der Waals surface area contributed by atoms with E-state index in [0.717, 1.165) is 22.5 Å². The van der Waals surface area contributed by atoms with Gasteiger partial charge >= 0.3 is 6.18 Å². The Labute approximate surface area is 182 Å². The van der Waals surface area contributed by atoms with Gasteiger partial charge in [-0.3, -0.25) is 9.20 Å². The largest absolute Gasteiger partial charge is 0.389 e. The van der Waals surface area contributed by atoms with E-state index < -0.39 is 24.8 Å². The summed E-state index contributed by atoms with van der Waals surface area (Å²) in [5.74, 6) is 5.73. The molecule has 1 aromatic carbocycles. The summed E-state index contributed by atoms with van der Waals surface area (Å²) in [6.07, 6.45) is 1.01. The number of aryl methyl sites for hydroxylation is 1. The second-order valence-electron chi connectivity index (χ2n) is 7.46. The third kappa shape index (κ3) is 5.06. The second kappa shape index (κ2) is 8.71. The number of imidazole rings is 2. The normalized spacial score (nSPS) is 11.4. The van der Waals surface area contributed by atoms with Crippen LogP contribution >= 0.6 is 0 Å². The Morgan fingerprint density at radius 2 is 1.97 bits per heavy atom. The van der Waals surface area contributed by atoms with Gasteiger partial charge in [0, 0.05) is 37.2 Å². The maximum atomic E-state index is 12.3. The van der Waals surface area contributed by atoms with E-state index in [1.807, 2.05) is 46.5 Å². The predicted octanol–water partition coefficient (Wildman–Crippen LogP) is 4.59. The van der Waals surface area contributed by atoms with E-state index in [1.54, 1.807) is 30.9 Å². The van der Waals surface area contributed by atoms with Crippen molar-refractivity contribution in [3.63, 3.8) is 0 Å². The number of aromatic nitrogens is 4. The summed E-state index contributed by atoms with van der Waals surface area (Å²) >= 11 is 0. The summed E-state index contributed by atoms with van der Waals surface area (Å²) in [5, 5.41) is 0. The molecule has 0 fully saturated rings. The molecule has 5 nitrogen and oxygen atoms in total. The molecule has 4 aromatic rings. The van der Waals surface area contributed by atoms with Crippen LogP contribution in [0.4, 0.5) is 13.2 Å². The molecule has 0 aliphatic rings. The highest BCUT2D eigenvalue weighted by Gasteiger charge is 2.27. The average Bonchev–Trinajstić information content (AvgIpc) is 3.36. The minimum Gasteiger partial charge on any atom is -0.327 e. The molecule has 3 heterocycles. The number of pyridine rings is 1. The van der Waals surface area contributed by atoms with Gasteiger partial charge in [-0.25, -0.2) is 9.97 Å². The maximum absolute atomic E-state index is 12.3. The Balaban J connectivity index is 1.54. The van der Waals surface area contributed by atoms with Crippen LogP contribution in [0.1, 0.15) is 29.7 Å². The average molecular weight is 436 g/mol. The fourth-order valence-corrected chi connectivity index (χ4v) is 3.32. The van der Waals surface area contributed by atoms with Crippen LogP contribution in [0.25, 0.3) is 16.9 Å². The third-order valence-corrected chi connectivity index (χ3v) is 4.98. The number of carbonyl (C=O) groups is 1. The van der Waals surface area contributed by atoms with Crippen LogP contribution in [-0.4, -0.2) is 30.9 Å². The molecular formula is C24H19F3N4O. The lowest BCUT2D eigenvalue weighted by Crippen LogP contribution is -2.12. The van der Waals surface area contributed by atoms with Gasteiger partial charge in [0.2, 0.25) is 0 Å². The van der Waals surface area contributed by atoms with Crippen LogP contribution in [-0.2, 0) is 18.3 Å². The van der Waals surface area contributed by atoms with Crippen molar-refractivity contribution < 1.29 is 18.0 Å². The molecule has 0 spiro atoms. The minimum atomic E-state index is -4.32. The van der Waals surface area contributed by atoms with E-state index in [9.17, 15) is 18.0 Å². The van der Waals surface area contributed by atoms with E-state index in [-0.39, 0.29) is 6.42 Å². The molecule has 0 saturated carbocycles. The zero-order valence-electron chi connectivity index (χ0n) is 17.2. The molecule has 8 heteroatoms. The number of carbonyl (C=O) groups excluding carboxylic acids is 1. The molecule has 0 aliphatic heterocycles. The molecule has 0 saturated heterocycles. The van der Waals surface area contributed by atoms with Crippen LogP contribution in [0.2, 0.25) is 0 Å². The lowest BCUT2D eigenvalue weighted by Gasteiger charge is -2.07. The summed E-state index contributed by atoms with van der Waals surface area (Å²) in [6, 6.07) is 11.0. The second-order valence-corrected chi connectivity index (χ2v) is 7.46. The number of hydrogen-bond acceptors (Lipinski definition) is 3. The van der Waals surface area contributed by atoms with Gasteiger partial charge in [0.05, 0.1) is 30.8 Å². The van der Waals surface area contributed by atoms with Gasteiger partial charge in [0.1, 0.15) is 17.1 Å². The Morgan fingerprint density at radius 3 is 2.72 bits per heavy atom. The summed E-state index contributed by atoms with van der Waals surface area (Å²) in [6.45, 7) is 0. The first kappa shape index (κ1) is 21.4. The van der Waals surface area contributed by atoms with Crippen LogP contribution in [0, 0.1) is 11.8 Å². The van der Waals surface area contributed by atoms with Crippen LogP contribution in [0.5, 0.6) is 0 Å². The number of nitrogens with zero attached hydrogens (tertiary/aromatic N) is 4. The number of fused-ring (bicyclic) bond motifs is 1. The zero-order valence-corrected chi connectivity index (χ0v) is 17.2. The van der Waals surface area contributed by atoms with Crippen molar-refractivity contribution in [3.05, 3.63) is 78.1 Å². The highest BCUT2D eigenvalue weighted by molar-refractivity contribution is 5.81. The van der Waals surface area contributed by atoms with Crippen molar-refractivity contribution in [2.75, 3.05) is 0 Å². The molecule has 0 N–H and O–H groups in total. The van der Waals surface area contributed by atoms with Crippen molar-refractivity contribution in [2.45, 2.75) is 25.4 Å². The van der Waals surface area contributed by atoms with Gasteiger partial charge in [0.15, 0.2) is 0 Å². The quantitative estimate of drug-likeness (QED) is 0.430. The molecule has 0 bridgehead atoms. The molecule has 32 heavy (non-hydrogen) atoms. The van der Waals surface area contributed by atoms with Crippen molar-refractivity contribution in [3.8, 4) is 23.1 Å².